The van der Waals surface area contributed by atoms with Gasteiger partial charge in [0.05, 0.1) is 31.5 Å². The van der Waals surface area contributed by atoms with Crippen LogP contribution in [0.5, 0.6) is 0 Å². The Balaban J connectivity index is 1.58. The van der Waals surface area contributed by atoms with Gasteiger partial charge in [0.25, 0.3) is 0 Å². The lowest BCUT2D eigenvalue weighted by molar-refractivity contribution is -0.183. The molecule has 0 saturated carbocycles. The van der Waals surface area contributed by atoms with Crippen LogP contribution in [0.3, 0.4) is 0 Å². The van der Waals surface area contributed by atoms with E-state index >= 15 is 0 Å². The molecule has 132 valence electrons. The van der Waals surface area contributed by atoms with Crippen molar-refractivity contribution in [2.24, 2.45) is 0 Å². The highest BCUT2D eigenvalue weighted by Crippen LogP contribution is 2.27. The molecule has 0 aliphatic carbocycles. The van der Waals surface area contributed by atoms with Crippen molar-refractivity contribution in [3.8, 4) is 0 Å². The highest BCUT2D eigenvalue weighted by atomic mass is 16.6. The minimum Gasteiger partial charge on any atom is -0.371 e. The molecule has 3 rings (SSSR count). The quantitative estimate of drug-likeness (QED) is 0.695. The lowest BCUT2D eigenvalue weighted by Gasteiger charge is -2.39. The molecule has 4 atom stereocenters. The first-order valence-electron chi connectivity index (χ1n) is 8.85. The zero-order valence-electron chi connectivity index (χ0n) is 14.7. The summed E-state index contributed by atoms with van der Waals surface area (Å²) < 4.78 is 18.3. The Morgan fingerprint density at radius 2 is 1.44 bits per heavy atom. The van der Waals surface area contributed by atoms with E-state index in [-0.39, 0.29) is 24.4 Å². The first-order chi connectivity index (χ1) is 12.3. The summed E-state index contributed by atoms with van der Waals surface area (Å²) in [4.78, 5) is 0. The second kappa shape index (κ2) is 8.95. The van der Waals surface area contributed by atoms with E-state index in [0.717, 1.165) is 12.0 Å². The fourth-order valence-electron chi connectivity index (χ4n) is 3.11. The van der Waals surface area contributed by atoms with E-state index in [1.54, 1.807) is 0 Å². The van der Waals surface area contributed by atoms with Gasteiger partial charge in [-0.05, 0) is 18.1 Å². The maximum atomic E-state index is 6.13. The molecular formula is C22H26O3. The minimum absolute atomic E-state index is 0.0113. The van der Waals surface area contributed by atoms with Gasteiger partial charge >= 0.3 is 0 Å². The average Bonchev–Trinajstić information content (AvgIpc) is 2.67. The fourth-order valence-corrected chi connectivity index (χ4v) is 3.11. The molecule has 0 N–H and O–H groups in total. The first kappa shape index (κ1) is 17.9. The summed E-state index contributed by atoms with van der Waals surface area (Å²) in [5.41, 5.74) is 2.33. The van der Waals surface area contributed by atoms with Crippen molar-refractivity contribution in [1.29, 1.82) is 0 Å². The van der Waals surface area contributed by atoms with Crippen LogP contribution in [-0.2, 0) is 27.4 Å². The van der Waals surface area contributed by atoms with Gasteiger partial charge in [-0.15, -0.1) is 6.58 Å². The minimum atomic E-state index is -0.102. The summed E-state index contributed by atoms with van der Waals surface area (Å²) in [6.07, 6.45) is 2.52. The highest BCUT2D eigenvalue weighted by molar-refractivity contribution is 5.14. The van der Waals surface area contributed by atoms with Crippen LogP contribution in [0, 0.1) is 0 Å². The Morgan fingerprint density at radius 1 is 0.920 bits per heavy atom. The predicted molar refractivity (Wildman–Crippen MR) is 99.2 cm³/mol. The van der Waals surface area contributed by atoms with Crippen molar-refractivity contribution in [2.45, 2.75) is 51.0 Å². The lowest BCUT2D eigenvalue weighted by atomic mass is 9.98. The van der Waals surface area contributed by atoms with Crippen LogP contribution in [0.2, 0.25) is 0 Å². The van der Waals surface area contributed by atoms with Gasteiger partial charge in [0, 0.05) is 6.42 Å². The van der Waals surface area contributed by atoms with Crippen LogP contribution in [0.25, 0.3) is 0 Å². The van der Waals surface area contributed by atoms with Crippen molar-refractivity contribution in [1.82, 2.24) is 0 Å². The maximum absolute atomic E-state index is 6.13. The molecule has 2 aromatic rings. The molecule has 1 aliphatic heterocycles. The van der Waals surface area contributed by atoms with Gasteiger partial charge in [0.1, 0.15) is 6.10 Å². The van der Waals surface area contributed by atoms with E-state index in [4.69, 9.17) is 14.2 Å². The molecule has 1 heterocycles. The molecule has 3 heteroatoms. The summed E-state index contributed by atoms with van der Waals surface area (Å²) in [6, 6.07) is 20.4. The standard InChI is InChI=1S/C22H26O3/c1-3-20-22(24-16-19-12-8-5-9-13-19)14-21(17(2)25-20)23-15-18-10-6-4-7-11-18/h3-13,17,20-22H,1,14-16H2,2H3/t17-,20+,21?,22?/m0/s1. The molecular weight excluding hydrogens is 312 g/mol. The van der Waals surface area contributed by atoms with E-state index in [1.165, 1.54) is 5.56 Å². The van der Waals surface area contributed by atoms with E-state index in [1.807, 2.05) is 42.5 Å². The third-order valence-electron chi connectivity index (χ3n) is 4.57. The van der Waals surface area contributed by atoms with Crippen molar-refractivity contribution in [3.05, 3.63) is 84.4 Å². The van der Waals surface area contributed by atoms with Gasteiger partial charge < -0.3 is 14.2 Å². The van der Waals surface area contributed by atoms with Gasteiger partial charge in [-0.1, -0.05) is 66.7 Å². The zero-order chi connectivity index (χ0) is 17.5. The van der Waals surface area contributed by atoms with E-state index in [0.29, 0.717) is 13.2 Å². The molecule has 25 heavy (non-hydrogen) atoms. The number of rotatable bonds is 7. The summed E-state index contributed by atoms with van der Waals surface area (Å²) in [6.45, 7) is 7.11. The molecule has 1 saturated heterocycles. The fraction of sp³-hybridized carbons (Fsp3) is 0.364. The smallest absolute Gasteiger partial charge is 0.102 e. The summed E-state index contributed by atoms with van der Waals surface area (Å²) in [7, 11) is 0. The monoisotopic (exact) mass is 338 g/mol. The Kier molecular flexibility index (Phi) is 6.40. The van der Waals surface area contributed by atoms with Crippen LogP contribution in [0.4, 0.5) is 0 Å². The Bertz CT molecular complexity index is 641. The van der Waals surface area contributed by atoms with Crippen LogP contribution < -0.4 is 0 Å². The van der Waals surface area contributed by atoms with Gasteiger partial charge in [0.15, 0.2) is 0 Å². The highest BCUT2D eigenvalue weighted by Gasteiger charge is 2.35. The van der Waals surface area contributed by atoms with Crippen LogP contribution in [0.15, 0.2) is 73.3 Å². The van der Waals surface area contributed by atoms with Gasteiger partial charge in [-0.2, -0.15) is 0 Å². The normalized spacial score (nSPS) is 26.3. The maximum Gasteiger partial charge on any atom is 0.102 e. The van der Waals surface area contributed by atoms with Gasteiger partial charge in [0.2, 0.25) is 0 Å². The predicted octanol–water partition coefficient (Wildman–Crippen LogP) is 4.52. The SMILES string of the molecule is C=C[C@H]1O[C@@H](C)C(OCc2ccccc2)CC1OCc1ccccc1. The second-order valence-electron chi connectivity index (χ2n) is 6.45. The summed E-state index contributed by atoms with van der Waals surface area (Å²) in [5.74, 6) is 0. The topological polar surface area (TPSA) is 27.7 Å². The van der Waals surface area contributed by atoms with E-state index in [2.05, 4.69) is 37.8 Å². The Labute approximate surface area is 150 Å². The molecule has 2 aromatic carbocycles. The van der Waals surface area contributed by atoms with Crippen LogP contribution >= 0.6 is 0 Å². The third kappa shape index (κ3) is 5.02. The molecule has 1 fully saturated rings. The Hall–Kier alpha value is -1.94. The molecule has 0 radical (unpaired) electrons. The average molecular weight is 338 g/mol. The summed E-state index contributed by atoms with van der Waals surface area (Å²) >= 11 is 0. The van der Waals surface area contributed by atoms with Gasteiger partial charge in [-0.25, -0.2) is 0 Å². The van der Waals surface area contributed by atoms with Crippen molar-refractivity contribution >= 4 is 0 Å². The molecule has 1 aliphatic rings. The molecule has 0 bridgehead atoms. The van der Waals surface area contributed by atoms with Crippen LogP contribution in [0.1, 0.15) is 24.5 Å². The number of hydrogen-bond acceptors (Lipinski definition) is 3. The third-order valence-corrected chi connectivity index (χ3v) is 4.57. The largest absolute Gasteiger partial charge is 0.371 e. The molecule has 2 unspecified atom stereocenters. The van der Waals surface area contributed by atoms with Crippen LogP contribution in [-0.4, -0.2) is 24.4 Å². The van der Waals surface area contributed by atoms with Crippen molar-refractivity contribution in [2.75, 3.05) is 0 Å². The molecule has 3 nitrogen and oxygen atoms in total. The summed E-state index contributed by atoms with van der Waals surface area (Å²) in [5, 5.41) is 0. The van der Waals surface area contributed by atoms with Gasteiger partial charge in [-0.3, -0.25) is 0 Å². The first-order valence-corrected chi connectivity index (χ1v) is 8.85. The molecule has 0 amide bonds. The van der Waals surface area contributed by atoms with Crippen molar-refractivity contribution in [3.63, 3.8) is 0 Å². The Morgan fingerprint density at radius 3 is 1.96 bits per heavy atom. The van der Waals surface area contributed by atoms with Crippen molar-refractivity contribution < 1.29 is 14.2 Å². The molecule has 0 aromatic heterocycles. The lowest BCUT2D eigenvalue weighted by Crippen LogP contribution is -2.47. The number of hydrogen-bond donors (Lipinski definition) is 0. The van der Waals surface area contributed by atoms with E-state index < -0.39 is 0 Å². The second-order valence-corrected chi connectivity index (χ2v) is 6.45. The zero-order valence-corrected chi connectivity index (χ0v) is 14.7. The van der Waals surface area contributed by atoms with E-state index in [9.17, 15) is 0 Å². The number of benzene rings is 2. The molecule has 0 spiro atoms. The number of ether oxygens (including phenoxy) is 3.